The van der Waals surface area contributed by atoms with E-state index in [4.69, 9.17) is 32.7 Å². The van der Waals surface area contributed by atoms with Gasteiger partial charge < -0.3 is 20.1 Å². The molecule has 0 atom stereocenters. The molecule has 0 saturated carbocycles. The molecule has 168 valence electrons. The van der Waals surface area contributed by atoms with Gasteiger partial charge in [0.1, 0.15) is 5.82 Å². The molecule has 0 bridgehead atoms. The smallest absolute Gasteiger partial charge is 0.255 e. The number of anilines is 2. The highest BCUT2D eigenvalue weighted by atomic mass is 35.5. The van der Waals surface area contributed by atoms with Gasteiger partial charge in [-0.05, 0) is 68.3 Å². The van der Waals surface area contributed by atoms with E-state index in [1.54, 1.807) is 36.5 Å². The van der Waals surface area contributed by atoms with Crippen LogP contribution in [0.2, 0.25) is 10.0 Å². The molecule has 32 heavy (non-hydrogen) atoms. The summed E-state index contributed by atoms with van der Waals surface area (Å²) < 4.78 is 11.3. The number of carbonyl (C=O) groups is 1. The largest absolute Gasteiger partial charge is 0.490 e. The van der Waals surface area contributed by atoms with Crippen LogP contribution in [-0.2, 0) is 6.42 Å². The molecule has 8 heteroatoms. The molecule has 6 nitrogen and oxygen atoms in total. The Morgan fingerprint density at radius 1 is 0.969 bits per heavy atom. The van der Waals surface area contributed by atoms with Gasteiger partial charge in [0.15, 0.2) is 11.5 Å². The van der Waals surface area contributed by atoms with Gasteiger partial charge in [0, 0.05) is 18.4 Å². The predicted molar refractivity (Wildman–Crippen MR) is 129 cm³/mol. The number of ether oxygens (including phenoxy) is 2. The van der Waals surface area contributed by atoms with E-state index in [1.807, 2.05) is 32.0 Å². The molecule has 1 amide bonds. The lowest BCUT2D eigenvalue weighted by molar-refractivity contribution is 0.0954. The lowest BCUT2D eigenvalue weighted by atomic mass is 10.1. The Labute approximate surface area is 197 Å². The third-order valence-electron chi connectivity index (χ3n) is 4.54. The van der Waals surface area contributed by atoms with Crippen LogP contribution >= 0.6 is 23.2 Å². The summed E-state index contributed by atoms with van der Waals surface area (Å²) in [5.41, 5.74) is 2.16. The highest BCUT2D eigenvalue weighted by molar-refractivity contribution is 6.42. The van der Waals surface area contributed by atoms with Crippen LogP contribution in [0, 0.1) is 0 Å². The van der Waals surface area contributed by atoms with Crippen LogP contribution in [0.4, 0.5) is 11.5 Å². The molecule has 2 N–H and O–H groups in total. The van der Waals surface area contributed by atoms with E-state index in [-0.39, 0.29) is 5.91 Å². The van der Waals surface area contributed by atoms with Crippen molar-refractivity contribution in [2.75, 3.05) is 25.1 Å². The second-order valence-corrected chi connectivity index (χ2v) is 7.62. The van der Waals surface area contributed by atoms with Gasteiger partial charge in [-0.25, -0.2) is 4.98 Å². The summed E-state index contributed by atoms with van der Waals surface area (Å²) >= 11 is 12.0. The van der Waals surface area contributed by atoms with E-state index < -0.39 is 0 Å². The van der Waals surface area contributed by atoms with Crippen molar-refractivity contribution in [3.8, 4) is 11.5 Å². The maximum Gasteiger partial charge on any atom is 0.255 e. The Bertz CT molecular complexity index is 1080. The van der Waals surface area contributed by atoms with Crippen LogP contribution in [0.5, 0.6) is 11.5 Å². The zero-order chi connectivity index (χ0) is 22.9. The highest BCUT2D eigenvalue weighted by Gasteiger charge is 2.13. The predicted octanol–water partition coefficient (Wildman–Crippen LogP) is 5.90. The van der Waals surface area contributed by atoms with Gasteiger partial charge in [0.25, 0.3) is 5.91 Å². The second-order valence-electron chi connectivity index (χ2n) is 6.81. The van der Waals surface area contributed by atoms with Crippen molar-refractivity contribution in [3.63, 3.8) is 0 Å². The van der Waals surface area contributed by atoms with E-state index in [9.17, 15) is 4.79 Å². The Morgan fingerprint density at radius 2 is 1.75 bits per heavy atom. The normalized spacial score (nSPS) is 10.5. The third-order valence-corrected chi connectivity index (χ3v) is 5.28. The summed E-state index contributed by atoms with van der Waals surface area (Å²) in [6, 6.07) is 14.4. The number of benzene rings is 2. The second kappa shape index (κ2) is 11.6. The molecule has 3 aromatic rings. The number of carbonyl (C=O) groups excluding carboxylic acids is 1. The van der Waals surface area contributed by atoms with E-state index in [2.05, 4.69) is 15.6 Å². The standard InChI is InChI=1S/C24H25Cl2N3O3/c1-3-31-21-10-7-16(14-22(21)32-4-2)11-13-28-24(30)18-6-5-12-27-23(18)29-17-8-9-19(25)20(26)15-17/h5-10,12,14-15H,3-4,11,13H2,1-2H3,(H,27,29)(H,28,30). The van der Waals surface area contributed by atoms with Crippen LogP contribution in [0.3, 0.4) is 0 Å². The third kappa shape index (κ3) is 6.28. The number of nitrogens with zero attached hydrogens (tertiary/aromatic N) is 1. The first-order valence-corrected chi connectivity index (χ1v) is 11.1. The number of rotatable bonds is 10. The highest BCUT2D eigenvalue weighted by Crippen LogP contribution is 2.29. The maximum absolute atomic E-state index is 12.8. The maximum atomic E-state index is 12.8. The molecule has 3 rings (SSSR count). The molecule has 1 heterocycles. The van der Waals surface area contributed by atoms with Crippen LogP contribution in [0.15, 0.2) is 54.7 Å². The summed E-state index contributed by atoms with van der Waals surface area (Å²) in [5.74, 6) is 1.63. The summed E-state index contributed by atoms with van der Waals surface area (Å²) in [6.07, 6.45) is 2.26. The number of hydrogen-bond acceptors (Lipinski definition) is 5. The Hall–Kier alpha value is -2.96. The van der Waals surface area contributed by atoms with Gasteiger partial charge in [0.05, 0.1) is 28.8 Å². The van der Waals surface area contributed by atoms with Crippen molar-refractivity contribution in [3.05, 3.63) is 75.9 Å². The van der Waals surface area contributed by atoms with Crippen molar-refractivity contribution in [1.82, 2.24) is 10.3 Å². The molecule has 0 unspecified atom stereocenters. The Morgan fingerprint density at radius 3 is 2.50 bits per heavy atom. The van der Waals surface area contributed by atoms with Crippen molar-refractivity contribution in [2.24, 2.45) is 0 Å². The minimum absolute atomic E-state index is 0.225. The summed E-state index contributed by atoms with van der Waals surface area (Å²) in [6.45, 7) is 5.44. The number of amides is 1. The Balaban J connectivity index is 1.64. The van der Waals surface area contributed by atoms with Crippen molar-refractivity contribution in [1.29, 1.82) is 0 Å². The first-order chi connectivity index (χ1) is 15.5. The minimum Gasteiger partial charge on any atom is -0.490 e. The van der Waals surface area contributed by atoms with Crippen molar-refractivity contribution < 1.29 is 14.3 Å². The fraction of sp³-hybridized carbons (Fsp3) is 0.250. The number of halogens is 2. The average Bonchev–Trinajstić information content (AvgIpc) is 2.78. The van der Waals surface area contributed by atoms with E-state index in [0.717, 1.165) is 11.3 Å². The minimum atomic E-state index is -0.225. The SMILES string of the molecule is CCOc1ccc(CCNC(=O)c2cccnc2Nc2ccc(Cl)c(Cl)c2)cc1OCC. The van der Waals surface area contributed by atoms with Gasteiger partial charge in [-0.15, -0.1) is 0 Å². The van der Waals surface area contributed by atoms with E-state index in [1.165, 1.54) is 0 Å². The van der Waals surface area contributed by atoms with E-state index >= 15 is 0 Å². The van der Waals surface area contributed by atoms with Gasteiger partial charge in [-0.2, -0.15) is 0 Å². The molecular formula is C24H25Cl2N3O3. The number of aromatic nitrogens is 1. The zero-order valence-electron chi connectivity index (χ0n) is 18.0. The molecule has 2 aromatic carbocycles. The molecule has 0 fully saturated rings. The molecular weight excluding hydrogens is 449 g/mol. The molecule has 0 aliphatic carbocycles. The van der Waals surface area contributed by atoms with Crippen LogP contribution in [0.25, 0.3) is 0 Å². The van der Waals surface area contributed by atoms with Gasteiger partial charge in [-0.3, -0.25) is 4.79 Å². The number of pyridine rings is 1. The summed E-state index contributed by atoms with van der Waals surface area (Å²) in [5, 5.41) is 6.94. The van der Waals surface area contributed by atoms with Gasteiger partial charge in [0.2, 0.25) is 0 Å². The summed E-state index contributed by atoms with van der Waals surface area (Å²) in [4.78, 5) is 17.1. The quantitative estimate of drug-likeness (QED) is 0.383. The van der Waals surface area contributed by atoms with Gasteiger partial charge >= 0.3 is 0 Å². The molecule has 0 aliphatic rings. The van der Waals surface area contributed by atoms with Gasteiger partial charge in [-0.1, -0.05) is 29.3 Å². The van der Waals surface area contributed by atoms with E-state index in [0.29, 0.717) is 59.0 Å². The molecule has 0 spiro atoms. The lowest BCUT2D eigenvalue weighted by Gasteiger charge is -2.13. The topological polar surface area (TPSA) is 72.5 Å². The number of nitrogens with one attached hydrogen (secondary N) is 2. The molecule has 0 saturated heterocycles. The monoisotopic (exact) mass is 473 g/mol. The zero-order valence-corrected chi connectivity index (χ0v) is 19.5. The first-order valence-electron chi connectivity index (χ1n) is 10.4. The Kier molecular flexibility index (Phi) is 8.59. The first kappa shape index (κ1) is 23.7. The molecule has 0 aliphatic heterocycles. The average molecular weight is 474 g/mol. The molecule has 0 radical (unpaired) electrons. The fourth-order valence-electron chi connectivity index (χ4n) is 3.07. The van der Waals surface area contributed by atoms with Crippen LogP contribution in [-0.4, -0.2) is 30.6 Å². The lowest BCUT2D eigenvalue weighted by Crippen LogP contribution is -2.26. The number of hydrogen-bond donors (Lipinski definition) is 2. The van der Waals surface area contributed by atoms with Crippen molar-refractivity contribution in [2.45, 2.75) is 20.3 Å². The van der Waals surface area contributed by atoms with Crippen molar-refractivity contribution >= 4 is 40.6 Å². The summed E-state index contributed by atoms with van der Waals surface area (Å²) in [7, 11) is 0. The van der Waals surface area contributed by atoms with Crippen LogP contribution < -0.4 is 20.1 Å². The molecule has 1 aromatic heterocycles. The van der Waals surface area contributed by atoms with Crippen LogP contribution in [0.1, 0.15) is 29.8 Å². The fourth-order valence-corrected chi connectivity index (χ4v) is 3.36.